The van der Waals surface area contributed by atoms with Gasteiger partial charge in [-0.25, -0.2) is 4.79 Å². The number of aromatic hydroxyl groups is 1. The Morgan fingerprint density at radius 2 is 2.14 bits per heavy atom. The van der Waals surface area contributed by atoms with E-state index in [1.807, 2.05) is 0 Å². The zero-order valence-electron chi connectivity index (χ0n) is 11.5. The molecule has 1 aromatic carbocycles. The molecule has 0 bridgehead atoms. The number of carbonyl (C=O) groups excluding carboxylic acids is 3. The number of urea groups is 1. The molecule has 1 atom stereocenters. The highest BCUT2D eigenvalue weighted by molar-refractivity contribution is 6.08. The first-order chi connectivity index (χ1) is 9.93. The van der Waals surface area contributed by atoms with Crippen LogP contribution in [0.3, 0.4) is 0 Å². The molecule has 110 valence electrons. The van der Waals surface area contributed by atoms with Crippen molar-refractivity contribution in [1.82, 2.24) is 15.5 Å². The van der Waals surface area contributed by atoms with Crippen molar-refractivity contribution in [3.8, 4) is 5.75 Å². The van der Waals surface area contributed by atoms with Gasteiger partial charge < -0.3 is 15.3 Å². The molecular formula is C14H15N3O4. The third-order valence-corrected chi connectivity index (χ3v) is 4.11. The lowest BCUT2D eigenvalue weighted by Gasteiger charge is -2.21. The number of nitrogens with one attached hydrogen (secondary N) is 2. The summed E-state index contributed by atoms with van der Waals surface area (Å²) in [5.74, 6) is -0.591. The number of hydrogen-bond donors (Lipinski definition) is 3. The van der Waals surface area contributed by atoms with Gasteiger partial charge in [-0.05, 0) is 25.5 Å². The van der Waals surface area contributed by atoms with E-state index < -0.39 is 17.5 Å². The van der Waals surface area contributed by atoms with Crippen molar-refractivity contribution in [2.75, 3.05) is 13.1 Å². The summed E-state index contributed by atoms with van der Waals surface area (Å²) in [4.78, 5) is 37.2. The number of amides is 4. The fourth-order valence-corrected chi connectivity index (χ4v) is 2.82. The van der Waals surface area contributed by atoms with Crippen LogP contribution in [0.25, 0.3) is 0 Å². The van der Waals surface area contributed by atoms with E-state index >= 15 is 0 Å². The molecule has 1 aromatic rings. The number of nitrogens with zero attached hydrogens (tertiary/aromatic N) is 1. The van der Waals surface area contributed by atoms with Crippen LogP contribution in [0.4, 0.5) is 4.79 Å². The fourth-order valence-electron chi connectivity index (χ4n) is 2.82. The predicted octanol–water partition coefficient (Wildman–Crippen LogP) is 0.125. The topological polar surface area (TPSA) is 98.7 Å². The fraction of sp³-hybridized carbons (Fsp3) is 0.357. The van der Waals surface area contributed by atoms with Crippen LogP contribution in [0.5, 0.6) is 5.75 Å². The monoisotopic (exact) mass is 289 g/mol. The highest BCUT2D eigenvalue weighted by Gasteiger charge is 2.51. The van der Waals surface area contributed by atoms with Gasteiger partial charge >= 0.3 is 6.03 Å². The summed E-state index contributed by atoms with van der Waals surface area (Å²) in [7, 11) is 0. The minimum atomic E-state index is -1.02. The van der Waals surface area contributed by atoms with Crippen LogP contribution in [0.15, 0.2) is 18.2 Å². The van der Waals surface area contributed by atoms with Gasteiger partial charge in [-0.1, -0.05) is 6.07 Å². The second kappa shape index (κ2) is 4.47. The Labute approximate surface area is 120 Å². The zero-order valence-corrected chi connectivity index (χ0v) is 11.5. The van der Waals surface area contributed by atoms with E-state index in [0.29, 0.717) is 24.1 Å². The van der Waals surface area contributed by atoms with Crippen molar-refractivity contribution in [3.63, 3.8) is 0 Å². The molecule has 0 radical (unpaired) electrons. The number of phenolic OH excluding ortho intramolecular Hbond substituents is 1. The first-order valence-corrected chi connectivity index (χ1v) is 6.64. The van der Waals surface area contributed by atoms with Crippen LogP contribution >= 0.6 is 0 Å². The van der Waals surface area contributed by atoms with E-state index in [9.17, 15) is 19.5 Å². The summed E-state index contributed by atoms with van der Waals surface area (Å²) >= 11 is 0. The SMILES string of the molecule is Cc1c(O)cccc1C(=O)N1CCC2(C1)NC(=O)NC2=O. The molecule has 2 saturated heterocycles. The summed E-state index contributed by atoms with van der Waals surface area (Å²) < 4.78 is 0. The lowest BCUT2D eigenvalue weighted by Crippen LogP contribution is -2.49. The van der Waals surface area contributed by atoms with Gasteiger partial charge in [0.25, 0.3) is 11.8 Å². The second-order valence-electron chi connectivity index (χ2n) is 5.42. The Balaban J connectivity index is 1.83. The number of hydrogen-bond acceptors (Lipinski definition) is 4. The maximum atomic E-state index is 12.5. The lowest BCUT2D eigenvalue weighted by atomic mass is 9.99. The number of benzene rings is 1. The summed E-state index contributed by atoms with van der Waals surface area (Å²) in [5.41, 5.74) is -0.113. The average molecular weight is 289 g/mol. The van der Waals surface area contributed by atoms with Crippen molar-refractivity contribution in [2.24, 2.45) is 0 Å². The highest BCUT2D eigenvalue weighted by Crippen LogP contribution is 2.28. The van der Waals surface area contributed by atoms with E-state index in [0.717, 1.165) is 0 Å². The first-order valence-electron chi connectivity index (χ1n) is 6.64. The minimum Gasteiger partial charge on any atom is -0.508 e. The van der Waals surface area contributed by atoms with Crippen molar-refractivity contribution < 1.29 is 19.5 Å². The number of imide groups is 1. The van der Waals surface area contributed by atoms with Crippen LogP contribution in [0.1, 0.15) is 22.3 Å². The smallest absolute Gasteiger partial charge is 0.322 e. The second-order valence-corrected chi connectivity index (χ2v) is 5.42. The van der Waals surface area contributed by atoms with Gasteiger partial charge in [-0.3, -0.25) is 14.9 Å². The summed E-state index contributed by atoms with van der Waals surface area (Å²) in [6.45, 7) is 2.18. The Morgan fingerprint density at radius 1 is 1.38 bits per heavy atom. The first kappa shape index (κ1) is 13.4. The summed E-state index contributed by atoms with van der Waals surface area (Å²) in [6.07, 6.45) is 0.383. The van der Waals surface area contributed by atoms with E-state index in [4.69, 9.17) is 0 Å². The molecule has 3 rings (SSSR count). The molecule has 2 fully saturated rings. The molecule has 2 aliphatic rings. The van der Waals surface area contributed by atoms with E-state index in [1.54, 1.807) is 19.1 Å². The van der Waals surface area contributed by atoms with Crippen molar-refractivity contribution in [2.45, 2.75) is 18.9 Å². The van der Waals surface area contributed by atoms with Crippen LogP contribution in [-0.4, -0.2) is 46.5 Å². The molecule has 0 aliphatic carbocycles. The molecule has 2 aliphatic heterocycles. The number of likely N-dealkylation sites (tertiary alicyclic amines) is 1. The molecule has 7 heteroatoms. The van der Waals surface area contributed by atoms with Gasteiger partial charge in [0.1, 0.15) is 11.3 Å². The van der Waals surface area contributed by atoms with Gasteiger partial charge in [0, 0.05) is 17.7 Å². The largest absolute Gasteiger partial charge is 0.508 e. The molecule has 4 amide bonds. The van der Waals surface area contributed by atoms with Gasteiger partial charge in [-0.15, -0.1) is 0 Å². The third kappa shape index (κ3) is 2.01. The summed E-state index contributed by atoms with van der Waals surface area (Å²) in [6, 6.07) is 4.23. The Kier molecular flexibility index (Phi) is 2.86. The Morgan fingerprint density at radius 3 is 2.81 bits per heavy atom. The van der Waals surface area contributed by atoms with Crippen molar-refractivity contribution in [3.05, 3.63) is 29.3 Å². The lowest BCUT2D eigenvalue weighted by molar-refractivity contribution is -0.123. The molecule has 0 saturated carbocycles. The average Bonchev–Trinajstić information content (AvgIpc) is 2.97. The van der Waals surface area contributed by atoms with Crippen LogP contribution < -0.4 is 10.6 Å². The zero-order chi connectivity index (χ0) is 15.2. The van der Waals surface area contributed by atoms with E-state index in [2.05, 4.69) is 10.6 Å². The number of rotatable bonds is 1. The Hall–Kier alpha value is -2.57. The minimum absolute atomic E-state index is 0.0571. The van der Waals surface area contributed by atoms with Gasteiger partial charge in [-0.2, -0.15) is 0 Å². The van der Waals surface area contributed by atoms with Crippen LogP contribution in [-0.2, 0) is 4.79 Å². The molecule has 21 heavy (non-hydrogen) atoms. The van der Waals surface area contributed by atoms with Crippen molar-refractivity contribution in [1.29, 1.82) is 0 Å². The molecule has 1 spiro atoms. The molecule has 0 aromatic heterocycles. The summed E-state index contributed by atoms with van der Waals surface area (Å²) in [5, 5.41) is 14.5. The van der Waals surface area contributed by atoms with E-state index in [-0.39, 0.29) is 18.2 Å². The predicted molar refractivity (Wildman–Crippen MR) is 72.8 cm³/mol. The normalized spacial score (nSPS) is 24.3. The van der Waals surface area contributed by atoms with Crippen LogP contribution in [0.2, 0.25) is 0 Å². The molecular weight excluding hydrogens is 274 g/mol. The quantitative estimate of drug-likeness (QED) is 0.640. The molecule has 2 heterocycles. The van der Waals surface area contributed by atoms with Gasteiger partial charge in [0.15, 0.2) is 0 Å². The van der Waals surface area contributed by atoms with E-state index in [1.165, 1.54) is 11.0 Å². The number of phenols is 1. The number of carbonyl (C=O) groups is 3. The molecule has 1 unspecified atom stereocenters. The molecule has 7 nitrogen and oxygen atoms in total. The molecule has 3 N–H and O–H groups in total. The standard InChI is InChI=1S/C14H15N3O4/c1-8-9(3-2-4-10(8)18)11(19)17-6-5-14(7-17)12(20)15-13(21)16-14/h2-4,18H,5-7H2,1H3,(H2,15,16,20,21). The van der Waals surface area contributed by atoms with Gasteiger partial charge in [0.05, 0.1) is 6.54 Å². The van der Waals surface area contributed by atoms with Crippen LogP contribution in [0, 0.1) is 6.92 Å². The van der Waals surface area contributed by atoms with Gasteiger partial charge in [0.2, 0.25) is 0 Å². The van der Waals surface area contributed by atoms with Crippen molar-refractivity contribution >= 4 is 17.8 Å². The maximum absolute atomic E-state index is 12.5. The maximum Gasteiger partial charge on any atom is 0.322 e. The highest BCUT2D eigenvalue weighted by atomic mass is 16.3. The third-order valence-electron chi connectivity index (χ3n) is 4.11. The Bertz CT molecular complexity index is 658.